The van der Waals surface area contributed by atoms with E-state index in [9.17, 15) is 40.5 Å². The van der Waals surface area contributed by atoms with Gasteiger partial charge in [0.25, 0.3) is 0 Å². The molecule has 0 saturated carbocycles. The Morgan fingerprint density at radius 2 is 0.897 bits per heavy atom. The van der Waals surface area contributed by atoms with E-state index in [1.807, 2.05) is 0 Å². The van der Waals surface area contributed by atoms with E-state index in [0.29, 0.717) is 19.3 Å². The SMILES string of the molecule is CCCCCCCCCCCCCCCCCCCCCC[C@@H](O)C(=O)N[C@@H](CO[C@H]1O[C@H](CO)[C@H](O)[C@H](O)[C@H]1O)[C@H](O)[C@H](O)CCCCCCCCCCCCC. The van der Waals surface area contributed by atoms with Gasteiger partial charge in [0.1, 0.15) is 36.6 Å². The molecular weight excluding hydrogens is 739 g/mol. The van der Waals surface area contributed by atoms with Crippen molar-refractivity contribution in [1.29, 1.82) is 0 Å². The van der Waals surface area contributed by atoms with E-state index in [0.717, 1.165) is 38.5 Å². The molecule has 1 rings (SSSR count). The first-order chi connectivity index (χ1) is 28.2. The minimum Gasteiger partial charge on any atom is -0.394 e. The normalized spacial score (nSPS) is 21.8. The van der Waals surface area contributed by atoms with Crippen molar-refractivity contribution < 1.29 is 50.0 Å². The number of amides is 1. The largest absolute Gasteiger partial charge is 0.394 e. The number of carbonyl (C=O) groups is 1. The van der Waals surface area contributed by atoms with Gasteiger partial charge in [0.05, 0.1) is 25.4 Å². The van der Waals surface area contributed by atoms with E-state index in [1.54, 1.807) is 0 Å². The summed E-state index contributed by atoms with van der Waals surface area (Å²) in [5.74, 6) is -0.693. The molecule has 0 aromatic carbocycles. The number of ether oxygens (including phenoxy) is 2. The van der Waals surface area contributed by atoms with Crippen molar-refractivity contribution in [2.75, 3.05) is 13.2 Å². The Kier molecular flexibility index (Phi) is 36.0. The number of rotatable bonds is 41. The van der Waals surface area contributed by atoms with E-state index in [-0.39, 0.29) is 6.42 Å². The predicted octanol–water partition coefficient (Wildman–Crippen LogP) is 8.28. The molecule has 0 spiro atoms. The molecule has 8 N–H and O–H groups in total. The van der Waals surface area contributed by atoms with Gasteiger partial charge in [-0.15, -0.1) is 0 Å². The average molecular weight is 832 g/mol. The van der Waals surface area contributed by atoms with Crippen molar-refractivity contribution in [3.05, 3.63) is 0 Å². The third kappa shape index (κ3) is 27.1. The second-order valence-corrected chi connectivity index (χ2v) is 17.5. The number of hydrogen-bond donors (Lipinski definition) is 8. The fourth-order valence-electron chi connectivity index (χ4n) is 8.09. The molecule has 1 amide bonds. The van der Waals surface area contributed by atoms with Crippen molar-refractivity contribution in [1.82, 2.24) is 5.32 Å². The number of carbonyl (C=O) groups excluding carboxylic acids is 1. The predicted molar refractivity (Wildman–Crippen MR) is 233 cm³/mol. The summed E-state index contributed by atoms with van der Waals surface area (Å²) in [6.07, 6.45) is 27.3. The molecule has 11 heteroatoms. The van der Waals surface area contributed by atoms with Gasteiger partial charge in [-0.25, -0.2) is 0 Å². The molecule has 0 aliphatic carbocycles. The van der Waals surface area contributed by atoms with Gasteiger partial charge in [0.2, 0.25) is 5.91 Å². The van der Waals surface area contributed by atoms with E-state index in [1.165, 1.54) is 148 Å². The summed E-state index contributed by atoms with van der Waals surface area (Å²) in [5, 5.41) is 75.6. The van der Waals surface area contributed by atoms with Gasteiger partial charge in [0.15, 0.2) is 6.29 Å². The van der Waals surface area contributed by atoms with Crippen LogP contribution in [0.2, 0.25) is 0 Å². The maximum Gasteiger partial charge on any atom is 0.249 e. The molecule has 0 bridgehead atoms. The van der Waals surface area contributed by atoms with Crippen molar-refractivity contribution in [3.8, 4) is 0 Å². The van der Waals surface area contributed by atoms with Gasteiger partial charge in [0, 0.05) is 0 Å². The van der Waals surface area contributed by atoms with Crippen LogP contribution in [0.15, 0.2) is 0 Å². The molecule has 1 heterocycles. The molecule has 11 nitrogen and oxygen atoms in total. The van der Waals surface area contributed by atoms with Gasteiger partial charge in [-0.05, 0) is 12.8 Å². The summed E-state index contributed by atoms with van der Waals surface area (Å²) < 4.78 is 11.1. The Morgan fingerprint density at radius 3 is 1.28 bits per heavy atom. The lowest BCUT2D eigenvalue weighted by Crippen LogP contribution is -2.60. The lowest BCUT2D eigenvalue weighted by atomic mass is 9.98. The minimum atomic E-state index is -1.66. The summed E-state index contributed by atoms with van der Waals surface area (Å²) in [6.45, 7) is 3.44. The quantitative estimate of drug-likeness (QED) is 0.0279. The minimum absolute atomic E-state index is 0.266. The van der Waals surface area contributed by atoms with Crippen molar-refractivity contribution in [2.24, 2.45) is 0 Å². The fourth-order valence-corrected chi connectivity index (χ4v) is 8.09. The van der Waals surface area contributed by atoms with Crippen LogP contribution < -0.4 is 5.32 Å². The monoisotopic (exact) mass is 832 g/mol. The third-order valence-electron chi connectivity index (χ3n) is 12.2. The first-order valence-electron chi connectivity index (χ1n) is 24.4. The van der Waals surface area contributed by atoms with Crippen molar-refractivity contribution >= 4 is 5.91 Å². The molecule has 0 radical (unpaired) electrons. The number of hydrogen-bond acceptors (Lipinski definition) is 10. The molecule has 58 heavy (non-hydrogen) atoms. The first-order valence-corrected chi connectivity index (χ1v) is 24.4. The summed E-state index contributed by atoms with van der Waals surface area (Å²) in [7, 11) is 0. The highest BCUT2D eigenvalue weighted by Gasteiger charge is 2.44. The van der Waals surface area contributed by atoms with Gasteiger partial charge in [-0.3, -0.25) is 4.79 Å². The molecule has 0 unspecified atom stereocenters. The number of aliphatic hydroxyl groups is 7. The zero-order valence-corrected chi connectivity index (χ0v) is 37.3. The molecule has 1 aliphatic rings. The Bertz CT molecular complexity index is 913. The Morgan fingerprint density at radius 1 is 0.534 bits per heavy atom. The maximum atomic E-state index is 13.1. The molecule has 1 saturated heterocycles. The molecule has 1 fully saturated rings. The van der Waals surface area contributed by atoms with Gasteiger partial charge in [-0.1, -0.05) is 213 Å². The van der Waals surface area contributed by atoms with Crippen LogP contribution in [0.1, 0.15) is 226 Å². The van der Waals surface area contributed by atoms with Gasteiger partial charge in [-0.2, -0.15) is 0 Å². The van der Waals surface area contributed by atoms with Crippen LogP contribution in [0, 0.1) is 0 Å². The van der Waals surface area contributed by atoms with Gasteiger partial charge >= 0.3 is 0 Å². The van der Waals surface area contributed by atoms with Crippen molar-refractivity contribution in [3.63, 3.8) is 0 Å². The third-order valence-corrected chi connectivity index (χ3v) is 12.2. The molecular formula is C47H93NO10. The van der Waals surface area contributed by atoms with Crippen molar-refractivity contribution in [2.45, 2.75) is 281 Å². The highest BCUT2D eigenvalue weighted by Crippen LogP contribution is 2.23. The standard InChI is InChI=1S/C47H93NO10/c1-3-5-7-9-11-13-15-16-17-18-19-20-21-22-23-25-27-29-31-33-35-40(51)46(56)48-38(37-57-47-45(55)44(54)43(53)41(36-49)58-47)42(52)39(50)34-32-30-28-26-24-14-12-10-8-6-4-2/h38-45,47,49-55H,3-37H2,1-2H3,(H,48,56)/t38-,39+,40+,41+,42-,43-,44-,45+,47-/m0/s1. The highest BCUT2D eigenvalue weighted by atomic mass is 16.7. The smallest absolute Gasteiger partial charge is 0.249 e. The summed E-state index contributed by atoms with van der Waals surface area (Å²) in [6, 6.07) is -1.16. The second-order valence-electron chi connectivity index (χ2n) is 17.5. The number of nitrogens with one attached hydrogen (secondary N) is 1. The van der Waals surface area contributed by atoms with Crippen LogP contribution in [0.5, 0.6) is 0 Å². The Hall–Kier alpha value is -0.890. The highest BCUT2D eigenvalue weighted by molar-refractivity contribution is 5.80. The average Bonchev–Trinajstić information content (AvgIpc) is 3.22. The molecule has 346 valence electrons. The lowest BCUT2D eigenvalue weighted by molar-refractivity contribution is -0.303. The van der Waals surface area contributed by atoms with E-state index in [2.05, 4.69) is 19.2 Å². The van der Waals surface area contributed by atoms with Crippen LogP contribution in [0.4, 0.5) is 0 Å². The number of unbranched alkanes of at least 4 members (excludes halogenated alkanes) is 29. The van der Waals surface area contributed by atoms with E-state index < -0.39 is 74.2 Å². The van der Waals surface area contributed by atoms with Crippen LogP contribution in [-0.2, 0) is 14.3 Å². The van der Waals surface area contributed by atoms with E-state index in [4.69, 9.17) is 9.47 Å². The maximum absolute atomic E-state index is 13.1. The molecule has 9 atom stereocenters. The van der Waals surface area contributed by atoms with Crippen LogP contribution in [-0.4, -0.2) is 110 Å². The second kappa shape index (κ2) is 37.8. The molecule has 1 aliphatic heterocycles. The zero-order valence-electron chi connectivity index (χ0n) is 37.3. The molecule has 0 aromatic heterocycles. The Balaban J connectivity index is 2.37. The topological polar surface area (TPSA) is 189 Å². The van der Waals surface area contributed by atoms with Gasteiger partial charge < -0.3 is 50.5 Å². The molecule has 0 aromatic rings. The number of aliphatic hydroxyl groups excluding tert-OH is 7. The van der Waals surface area contributed by atoms with Crippen LogP contribution >= 0.6 is 0 Å². The summed E-state index contributed by atoms with van der Waals surface area (Å²) >= 11 is 0. The van der Waals surface area contributed by atoms with E-state index >= 15 is 0 Å². The fraction of sp³-hybridized carbons (Fsp3) is 0.979. The first kappa shape index (κ1) is 55.1. The zero-order chi connectivity index (χ0) is 42.6. The summed E-state index contributed by atoms with van der Waals surface area (Å²) in [4.78, 5) is 13.1. The Labute approximate surface area is 354 Å². The van der Waals surface area contributed by atoms with Crippen LogP contribution in [0.3, 0.4) is 0 Å². The lowest BCUT2D eigenvalue weighted by Gasteiger charge is -2.40. The van der Waals surface area contributed by atoms with Crippen LogP contribution in [0.25, 0.3) is 0 Å². The summed E-state index contributed by atoms with van der Waals surface area (Å²) in [5.41, 5.74) is 0.